The molecule has 0 amide bonds. The Hall–Kier alpha value is -5.29. The summed E-state index contributed by atoms with van der Waals surface area (Å²) in [7, 11) is 0. The fraction of sp³-hybridized carbons (Fsp3) is 0.0571. The largest absolute Gasteiger partial charge is 0.357 e. The van der Waals surface area contributed by atoms with E-state index in [2.05, 4.69) is 101 Å². The van der Waals surface area contributed by atoms with E-state index in [1.165, 1.54) is 16.0 Å². The molecule has 0 saturated carbocycles. The Morgan fingerprint density at radius 1 is 0.525 bits per heavy atom. The van der Waals surface area contributed by atoms with E-state index < -0.39 is 0 Å². The van der Waals surface area contributed by atoms with Crippen LogP contribution in [0.5, 0.6) is 0 Å². The first-order valence-corrected chi connectivity index (χ1v) is 13.4. The lowest BCUT2D eigenvalue weighted by molar-refractivity contribution is 1.22. The molecule has 5 heterocycles. The van der Waals surface area contributed by atoms with Gasteiger partial charge in [0, 0.05) is 34.2 Å². The molecule has 0 bridgehead atoms. The molecule has 2 aliphatic heterocycles. The highest BCUT2D eigenvalue weighted by Gasteiger charge is 2.17. The molecule has 40 heavy (non-hydrogen) atoms. The first-order valence-electron chi connectivity index (χ1n) is 13.4. The first-order chi connectivity index (χ1) is 19.6. The van der Waals surface area contributed by atoms with E-state index in [0.29, 0.717) is 0 Å². The molecule has 0 radical (unpaired) electrons. The van der Waals surface area contributed by atoms with Crippen LogP contribution in [0.4, 0.5) is 11.4 Å². The number of aromatic nitrogens is 3. The second kappa shape index (κ2) is 9.79. The zero-order valence-electron chi connectivity index (χ0n) is 22.3. The lowest BCUT2D eigenvalue weighted by atomic mass is 9.94. The second-order valence-electron chi connectivity index (χ2n) is 10.1. The van der Waals surface area contributed by atoms with Gasteiger partial charge in [-0.3, -0.25) is 9.97 Å². The number of allylic oxidation sites excluding steroid dienone is 4. The highest BCUT2D eigenvalue weighted by molar-refractivity contribution is 5.87. The summed E-state index contributed by atoms with van der Waals surface area (Å²) >= 11 is 0. The van der Waals surface area contributed by atoms with E-state index in [1.54, 1.807) is 12.4 Å². The monoisotopic (exact) mass is 517 g/mol. The summed E-state index contributed by atoms with van der Waals surface area (Å²) in [6.45, 7) is 4.18. The van der Waals surface area contributed by atoms with Gasteiger partial charge in [0.05, 0.1) is 34.2 Å². The molecule has 5 aromatic rings. The van der Waals surface area contributed by atoms with Crippen molar-refractivity contribution in [3.8, 4) is 45.0 Å². The number of fused-ring (bicyclic) bond motifs is 3. The van der Waals surface area contributed by atoms with Gasteiger partial charge in [0.15, 0.2) is 0 Å². The zero-order valence-corrected chi connectivity index (χ0v) is 22.3. The van der Waals surface area contributed by atoms with Gasteiger partial charge >= 0.3 is 0 Å². The lowest BCUT2D eigenvalue weighted by Crippen LogP contribution is -2.26. The number of anilines is 2. The van der Waals surface area contributed by atoms with Gasteiger partial charge in [-0.05, 0) is 90.7 Å². The molecule has 0 atom stereocenters. The van der Waals surface area contributed by atoms with Crippen LogP contribution in [0.25, 0.3) is 57.2 Å². The number of pyridine rings is 3. The van der Waals surface area contributed by atoms with Crippen LogP contribution >= 0.6 is 0 Å². The van der Waals surface area contributed by atoms with E-state index >= 15 is 0 Å². The predicted octanol–water partition coefficient (Wildman–Crippen LogP) is 6.76. The highest BCUT2D eigenvalue weighted by atomic mass is 15.0. The summed E-state index contributed by atoms with van der Waals surface area (Å²) in [5.74, 6) is 0. The Kier molecular flexibility index (Phi) is 5.82. The molecule has 3 aromatic heterocycles. The average molecular weight is 518 g/mol. The number of hydrogen-bond donors (Lipinski definition) is 2. The van der Waals surface area contributed by atoms with Gasteiger partial charge in [-0.2, -0.15) is 0 Å². The van der Waals surface area contributed by atoms with E-state index in [-0.39, 0.29) is 0 Å². The molecule has 0 fully saturated rings. The Morgan fingerprint density at radius 3 is 1.75 bits per heavy atom. The highest BCUT2D eigenvalue weighted by Crippen LogP contribution is 2.31. The molecular formula is C35H27N5. The summed E-state index contributed by atoms with van der Waals surface area (Å²) in [6, 6.07) is 27.0. The number of hydrogen-bond acceptors (Lipinski definition) is 5. The minimum atomic E-state index is 0.820. The van der Waals surface area contributed by atoms with Gasteiger partial charge in [0.1, 0.15) is 0 Å². The number of nitrogens with zero attached hydrogens (tertiary/aromatic N) is 3. The summed E-state index contributed by atoms with van der Waals surface area (Å²) in [5.41, 5.74) is 12.3. The fourth-order valence-electron chi connectivity index (χ4n) is 5.26. The van der Waals surface area contributed by atoms with Gasteiger partial charge in [0.2, 0.25) is 0 Å². The van der Waals surface area contributed by atoms with Crippen LogP contribution in [0.3, 0.4) is 0 Å². The summed E-state index contributed by atoms with van der Waals surface area (Å²) in [4.78, 5) is 14.0. The van der Waals surface area contributed by atoms with Crippen LogP contribution in [0.2, 0.25) is 0 Å². The van der Waals surface area contributed by atoms with Crippen molar-refractivity contribution in [3.63, 3.8) is 0 Å². The Labute approximate surface area is 233 Å². The predicted molar refractivity (Wildman–Crippen MR) is 165 cm³/mol. The fourth-order valence-corrected chi connectivity index (χ4v) is 5.26. The molecule has 5 nitrogen and oxygen atoms in total. The van der Waals surface area contributed by atoms with Crippen molar-refractivity contribution < 1.29 is 0 Å². The SMILES string of the molecule is CC1=CC=c2cc(-c3ccc(-c4cc(-c5ccccn5)nc(-c5ccccn5)c4)cc3)c3c(c2N1)NC(C)=CC=3. The zero-order chi connectivity index (χ0) is 27.1. The van der Waals surface area contributed by atoms with E-state index in [0.717, 1.165) is 62.2 Å². The summed E-state index contributed by atoms with van der Waals surface area (Å²) in [6.07, 6.45) is 12.2. The Morgan fingerprint density at radius 2 is 1.12 bits per heavy atom. The average Bonchev–Trinajstić information content (AvgIpc) is 3.01. The third-order valence-corrected chi connectivity index (χ3v) is 7.26. The van der Waals surface area contributed by atoms with Gasteiger partial charge in [-0.1, -0.05) is 48.6 Å². The molecule has 0 aliphatic carbocycles. The summed E-state index contributed by atoms with van der Waals surface area (Å²) < 4.78 is 0. The van der Waals surface area contributed by atoms with Crippen LogP contribution in [0.1, 0.15) is 13.8 Å². The van der Waals surface area contributed by atoms with Crippen molar-refractivity contribution in [2.75, 3.05) is 10.6 Å². The molecule has 0 unspecified atom stereocenters. The third-order valence-electron chi connectivity index (χ3n) is 7.26. The van der Waals surface area contributed by atoms with E-state index in [9.17, 15) is 0 Å². The summed E-state index contributed by atoms with van der Waals surface area (Å²) in [5, 5.41) is 9.52. The molecule has 5 heteroatoms. The Balaban J connectivity index is 1.35. The van der Waals surface area contributed by atoms with Crippen LogP contribution in [-0.2, 0) is 0 Å². The first kappa shape index (κ1) is 23.8. The van der Waals surface area contributed by atoms with Crippen LogP contribution in [0.15, 0.2) is 115 Å². The quantitative estimate of drug-likeness (QED) is 0.276. The van der Waals surface area contributed by atoms with Crippen molar-refractivity contribution in [3.05, 3.63) is 125 Å². The maximum atomic E-state index is 4.91. The molecule has 2 aliphatic rings. The minimum absolute atomic E-state index is 0.820. The maximum absolute atomic E-state index is 4.91. The third kappa shape index (κ3) is 4.37. The van der Waals surface area contributed by atoms with Crippen molar-refractivity contribution >= 4 is 23.5 Å². The topological polar surface area (TPSA) is 62.7 Å². The van der Waals surface area contributed by atoms with Crippen molar-refractivity contribution in [1.29, 1.82) is 0 Å². The maximum Gasteiger partial charge on any atom is 0.0900 e. The van der Waals surface area contributed by atoms with Gasteiger partial charge in [-0.25, -0.2) is 4.98 Å². The molecule has 192 valence electrons. The smallest absolute Gasteiger partial charge is 0.0900 e. The van der Waals surface area contributed by atoms with Crippen molar-refractivity contribution in [1.82, 2.24) is 15.0 Å². The molecule has 2 aromatic carbocycles. The lowest BCUT2D eigenvalue weighted by Gasteiger charge is -2.22. The van der Waals surface area contributed by atoms with Crippen molar-refractivity contribution in [2.24, 2.45) is 0 Å². The van der Waals surface area contributed by atoms with Crippen LogP contribution in [0, 0.1) is 0 Å². The van der Waals surface area contributed by atoms with E-state index in [1.807, 2.05) is 36.4 Å². The second-order valence-corrected chi connectivity index (χ2v) is 10.1. The van der Waals surface area contributed by atoms with Crippen molar-refractivity contribution in [2.45, 2.75) is 13.8 Å². The molecule has 7 rings (SSSR count). The molecule has 2 N–H and O–H groups in total. The number of rotatable bonds is 4. The van der Waals surface area contributed by atoms with Gasteiger partial charge in [0.25, 0.3) is 0 Å². The normalized spacial score (nSPS) is 13.3. The van der Waals surface area contributed by atoms with Gasteiger partial charge < -0.3 is 10.6 Å². The van der Waals surface area contributed by atoms with Gasteiger partial charge in [-0.15, -0.1) is 0 Å². The van der Waals surface area contributed by atoms with Crippen LogP contribution in [-0.4, -0.2) is 15.0 Å². The molecule has 0 spiro atoms. The standard InChI is InChI=1S/C35H27N5/c1-22-9-11-26-19-29(28-16-10-23(2)39-35(28)34(26)38-22)25-14-12-24(13-15-25)27-20-32(30-7-3-5-17-36-30)40-33(21-27)31-8-4-6-18-37-31/h3-21,38-39H,1-2H3. The Bertz CT molecular complexity index is 1880. The minimum Gasteiger partial charge on any atom is -0.357 e. The molecular weight excluding hydrogens is 490 g/mol. The van der Waals surface area contributed by atoms with E-state index in [4.69, 9.17) is 4.98 Å². The number of nitrogens with one attached hydrogen (secondary N) is 2. The number of benzene rings is 2. The van der Waals surface area contributed by atoms with Crippen LogP contribution < -0.4 is 21.1 Å². The molecule has 0 saturated heterocycles.